The highest BCUT2D eigenvalue weighted by Crippen LogP contribution is 2.34. The number of anilines is 1. The number of aromatic nitrogens is 1. The first-order valence-electron chi connectivity index (χ1n) is 10.9. The summed E-state index contributed by atoms with van der Waals surface area (Å²) in [5, 5.41) is 3.36. The van der Waals surface area contributed by atoms with E-state index >= 15 is 0 Å². The lowest BCUT2D eigenvalue weighted by Gasteiger charge is -2.37. The molecule has 2 N–H and O–H groups in total. The van der Waals surface area contributed by atoms with E-state index in [4.69, 9.17) is 16.3 Å². The first-order chi connectivity index (χ1) is 14.7. The number of aromatic amines is 1. The van der Waals surface area contributed by atoms with Gasteiger partial charge in [-0.2, -0.15) is 0 Å². The number of nitrogens with zero attached hydrogens (tertiary/aromatic N) is 1. The van der Waals surface area contributed by atoms with E-state index in [2.05, 4.69) is 28.2 Å². The molecule has 0 atom stereocenters. The Kier molecular flexibility index (Phi) is 7.44. The molecule has 1 amide bonds. The number of aryl methyl sites for hydroxylation is 3. The molecule has 3 rings (SSSR count). The van der Waals surface area contributed by atoms with Gasteiger partial charge in [0.1, 0.15) is 0 Å². The van der Waals surface area contributed by atoms with Crippen LogP contribution in [-0.4, -0.2) is 36.7 Å². The molecule has 0 saturated carbocycles. The summed E-state index contributed by atoms with van der Waals surface area (Å²) in [4.78, 5) is 30.6. The summed E-state index contributed by atoms with van der Waals surface area (Å²) < 4.78 is 5.53. The highest BCUT2D eigenvalue weighted by atomic mass is 35.5. The number of ether oxygens (including phenoxy) is 1. The summed E-state index contributed by atoms with van der Waals surface area (Å²) in [6.45, 7) is 12.2. The zero-order valence-corrected chi connectivity index (χ0v) is 19.8. The van der Waals surface area contributed by atoms with Gasteiger partial charge in [-0.15, -0.1) is 0 Å². The van der Waals surface area contributed by atoms with Crippen molar-refractivity contribution in [2.45, 2.75) is 60.0 Å². The quantitative estimate of drug-likeness (QED) is 0.698. The number of carbonyl (C=O) groups is 1. The molecule has 0 bridgehead atoms. The second kappa shape index (κ2) is 9.88. The molecule has 1 aliphatic rings. The molecule has 168 valence electrons. The third kappa shape index (κ3) is 4.96. The molecule has 7 heteroatoms. The Morgan fingerprint density at radius 3 is 2.48 bits per heavy atom. The smallest absolute Gasteiger partial charge is 0.253 e. The lowest BCUT2D eigenvalue weighted by Crippen LogP contribution is -2.40. The summed E-state index contributed by atoms with van der Waals surface area (Å²) in [5.74, 6) is -0.269. The van der Waals surface area contributed by atoms with Crippen molar-refractivity contribution >= 4 is 23.2 Å². The van der Waals surface area contributed by atoms with E-state index in [1.165, 1.54) is 0 Å². The van der Waals surface area contributed by atoms with Gasteiger partial charge in [0.15, 0.2) is 0 Å². The number of rotatable bonds is 6. The summed E-state index contributed by atoms with van der Waals surface area (Å²) in [7, 11) is 0. The van der Waals surface area contributed by atoms with Crippen LogP contribution in [0.2, 0.25) is 5.02 Å². The molecule has 0 unspecified atom stereocenters. The molecular formula is C24H32ClN3O3. The standard InChI is InChI=1S/C24H32ClN3O3/c1-6-28(18-7-9-31-10-8-18)20-12-15(3)22(25)21(17(20)5)24(30)26-13-19-14(2)11-16(4)27-23(19)29/h11-12,18H,6-10,13H2,1-5H3,(H,26,30)(H,27,29). The molecule has 1 aliphatic heterocycles. The van der Waals surface area contributed by atoms with Crippen LogP contribution < -0.4 is 15.8 Å². The molecular weight excluding hydrogens is 414 g/mol. The van der Waals surface area contributed by atoms with E-state index in [1.54, 1.807) is 0 Å². The molecule has 0 radical (unpaired) electrons. The zero-order valence-electron chi connectivity index (χ0n) is 19.0. The molecule has 1 saturated heterocycles. The van der Waals surface area contributed by atoms with Gasteiger partial charge >= 0.3 is 0 Å². The van der Waals surface area contributed by atoms with Crippen molar-refractivity contribution in [3.8, 4) is 0 Å². The van der Waals surface area contributed by atoms with Crippen LogP contribution >= 0.6 is 11.6 Å². The summed E-state index contributed by atoms with van der Waals surface area (Å²) in [5.41, 5.74) is 5.26. The van der Waals surface area contributed by atoms with E-state index in [9.17, 15) is 9.59 Å². The maximum Gasteiger partial charge on any atom is 0.253 e. The van der Waals surface area contributed by atoms with Gasteiger partial charge in [0, 0.05) is 49.3 Å². The van der Waals surface area contributed by atoms with Crippen LogP contribution in [0, 0.1) is 27.7 Å². The third-order valence-corrected chi connectivity index (χ3v) is 6.59. The fraction of sp³-hybridized carbons (Fsp3) is 0.500. The van der Waals surface area contributed by atoms with Gasteiger partial charge in [0.2, 0.25) is 0 Å². The average Bonchev–Trinajstić information content (AvgIpc) is 2.72. The van der Waals surface area contributed by atoms with Gasteiger partial charge < -0.3 is 19.9 Å². The van der Waals surface area contributed by atoms with Gasteiger partial charge in [-0.1, -0.05) is 11.6 Å². The van der Waals surface area contributed by atoms with Crippen molar-refractivity contribution < 1.29 is 9.53 Å². The maximum atomic E-state index is 13.2. The Labute approximate surface area is 188 Å². The maximum absolute atomic E-state index is 13.2. The van der Waals surface area contributed by atoms with Crippen LogP contribution in [0.25, 0.3) is 0 Å². The summed E-state index contributed by atoms with van der Waals surface area (Å²) in [6.07, 6.45) is 1.93. The molecule has 0 aliphatic carbocycles. The lowest BCUT2D eigenvalue weighted by molar-refractivity contribution is 0.0845. The van der Waals surface area contributed by atoms with Gasteiger partial charge in [0.05, 0.1) is 10.6 Å². The van der Waals surface area contributed by atoms with Gasteiger partial charge in [-0.25, -0.2) is 0 Å². The molecule has 0 spiro atoms. The second-order valence-corrected chi connectivity index (χ2v) is 8.66. The Morgan fingerprint density at radius 1 is 1.19 bits per heavy atom. The normalized spacial score (nSPS) is 14.5. The fourth-order valence-corrected chi connectivity index (χ4v) is 4.70. The number of hydrogen-bond acceptors (Lipinski definition) is 4. The number of halogens is 1. The van der Waals surface area contributed by atoms with Crippen molar-refractivity contribution in [3.05, 3.63) is 61.0 Å². The van der Waals surface area contributed by atoms with Crippen LogP contribution in [0.3, 0.4) is 0 Å². The summed E-state index contributed by atoms with van der Waals surface area (Å²) in [6, 6.07) is 4.35. The van der Waals surface area contributed by atoms with Crippen molar-refractivity contribution in [3.63, 3.8) is 0 Å². The minimum Gasteiger partial charge on any atom is -0.381 e. The van der Waals surface area contributed by atoms with Crippen molar-refractivity contribution in [2.24, 2.45) is 0 Å². The SMILES string of the molecule is CCN(c1cc(C)c(Cl)c(C(=O)NCc2c(C)cc(C)[nH]c2=O)c1C)C1CCOCC1. The number of hydrogen-bond donors (Lipinski definition) is 2. The molecule has 2 heterocycles. The van der Waals surface area contributed by atoms with Gasteiger partial charge in [-0.05, 0) is 76.3 Å². The molecule has 1 fully saturated rings. The monoisotopic (exact) mass is 445 g/mol. The molecule has 1 aromatic heterocycles. The number of carbonyl (C=O) groups excluding carboxylic acids is 1. The largest absolute Gasteiger partial charge is 0.381 e. The second-order valence-electron chi connectivity index (χ2n) is 8.28. The molecule has 6 nitrogen and oxygen atoms in total. The van der Waals surface area contributed by atoms with Crippen molar-refractivity contribution in [1.29, 1.82) is 0 Å². The van der Waals surface area contributed by atoms with Crippen LogP contribution in [-0.2, 0) is 11.3 Å². The van der Waals surface area contributed by atoms with E-state index in [-0.39, 0.29) is 18.0 Å². The first-order valence-corrected chi connectivity index (χ1v) is 11.2. The van der Waals surface area contributed by atoms with Gasteiger partial charge in [-0.3, -0.25) is 9.59 Å². The Hall–Kier alpha value is -2.31. The average molecular weight is 446 g/mol. The van der Waals surface area contributed by atoms with Crippen molar-refractivity contribution in [2.75, 3.05) is 24.7 Å². The highest BCUT2D eigenvalue weighted by molar-refractivity contribution is 6.35. The number of H-pyrrole nitrogens is 1. The minimum atomic E-state index is -0.269. The number of benzene rings is 1. The first kappa shape index (κ1) is 23.4. The Bertz CT molecular complexity index is 1030. The van der Waals surface area contributed by atoms with Crippen LogP contribution in [0.5, 0.6) is 0 Å². The van der Waals surface area contributed by atoms with Gasteiger partial charge in [0.25, 0.3) is 11.5 Å². The highest BCUT2D eigenvalue weighted by Gasteiger charge is 2.26. The van der Waals surface area contributed by atoms with Crippen LogP contribution in [0.1, 0.15) is 58.1 Å². The predicted octanol–water partition coefficient (Wildman–Crippen LogP) is 4.20. The predicted molar refractivity (Wildman–Crippen MR) is 125 cm³/mol. The third-order valence-electron chi connectivity index (χ3n) is 6.11. The van der Waals surface area contributed by atoms with E-state index < -0.39 is 0 Å². The van der Waals surface area contributed by atoms with E-state index in [0.717, 1.165) is 60.7 Å². The topological polar surface area (TPSA) is 74.4 Å². The molecule has 2 aromatic rings. The number of pyridine rings is 1. The lowest BCUT2D eigenvalue weighted by atomic mass is 9.98. The Morgan fingerprint density at radius 2 is 1.87 bits per heavy atom. The van der Waals surface area contributed by atoms with E-state index in [1.807, 2.05) is 33.8 Å². The number of amides is 1. The molecule has 31 heavy (non-hydrogen) atoms. The fourth-order valence-electron chi connectivity index (χ4n) is 4.42. The minimum absolute atomic E-state index is 0.150. The number of nitrogens with one attached hydrogen (secondary N) is 2. The van der Waals surface area contributed by atoms with Crippen LogP contribution in [0.4, 0.5) is 5.69 Å². The van der Waals surface area contributed by atoms with E-state index in [0.29, 0.717) is 22.2 Å². The van der Waals surface area contributed by atoms with Crippen LogP contribution in [0.15, 0.2) is 16.9 Å². The summed E-state index contributed by atoms with van der Waals surface area (Å²) >= 11 is 6.60. The molecule has 1 aromatic carbocycles. The van der Waals surface area contributed by atoms with Crippen molar-refractivity contribution in [1.82, 2.24) is 10.3 Å². The Balaban J connectivity index is 1.91. The zero-order chi connectivity index (χ0) is 22.7.